The van der Waals surface area contributed by atoms with Crippen LogP contribution in [-0.4, -0.2) is 6.04 Å². The van der Waals surface area contributed by atoms with Crippen LogP contribution in [0, 0.1) is 12.8 Å². The Labute approximate surface area is 113 Å². The zero-order valence-electron chi connectivity index (χ0n) is 10.8. The van der Waals surface area contributed by atoms with Gasteiger partial charge >= 0.3 is 0 Å². The summed E-state index contributed by atoms with van der Waals surface area (Å²) < 4.78 is 1.20. The molecule has 17 heavy (non-hydrogen) atoms. The van der Waals surface area contributed by atoms with E-state index in [0.29, 0.717) is 6.04 Å². The Kier molecular flexibility index (Phi) is 4.63. The average Bonchev–Trinajstić information content (AvgIpc) is 2.84. The van der Waals surface area contributed by atoms with Gasteiger partial charge in [0.15, 0.2) is 0 Å². The molecule has 0 bridgehead atoms. The molecule has 1 aromatic carbocycles. The lowest BCUT2D eigenvalue weighted by Crippen LogP contribution is -2.31. The highest BCUT2D eigenvalue weighted by atomic mass is 79.9. The summed E-state index contributed by atoms with van der Waals surface area (Å²) in [5.41, 5.74) is 2.70. The SMILES string of the molecule is Cc1cc(CNC(C)C2CCCC2)ccc1Br. The molecule has 1 atom stereocenters. The van der Waals surface area contributed by atoms with Crippen LogP contribution in [0.3, 0.4) is 0 Å². The molecule has 1 nitrogen and oxygen atoms in total. The van der Waals surface area contributed by atoms with Crippen LogP contribution in [0.2, 0.25) is 0 Å². The summed E-state index contributed by atoms with van der Waals surface area (Å²) in [6.07, 6.45) is 5.67. The van der Waals surface area contributed by atoms with Gasteiger partial charge in [-0.1, -0.05) is 40.9 Å². The molecule has 0 spiro atoms. The molecule has 1 N–H and O–H groups in total. The van der Waals surface area contributed by atoms with E-state index in [-0.39, 0.29) is 0 Å². The van der Waals surface area contributed by atoms with Crippen molar-refractivity contribution < 1.29 is 0 Å². The second kappa shape index (κ2) is 6.01. The van der Waals surface area contributed by atoms with Gasteiger partial charge in [-0.2, -0.15) is 0 Å². The van der Waals surface area contributed by atoms with Gasteiger partial charge in [0.05, 0.1) is 0 Å². The normalized spacial score (nSPS) is 18.5. The van der Waals surface area contributed by atoms with Gasteiger partial charge in [0, 0.05) is 17.1 Å². The van der Waals surface area contributed by atoms with Crippen LogP contribution in [0.1, 0.15) is 43.7 Å². The van der Waals surface area contributed by atoms with Gasteiger partial charge in [0.2, 0.25) is 0 Å². The minimum absolute atomic E-state index is 0.654. The number of benzene rings is 1. The number of nitrogens with one attached hydrogen (secondary N) is 1. The predicted octanol–water partition coefficient (Wildman–Crippen LogP) is 4.43. The van der Waals surface area contributed by atoms with Gasteiger partial charge < -0.3 is 5.32 Å². The summed E-state index contributed by atoms with van der Waals surface area (Å²) in [5.74, 6) is 0.895. The van der Waals surface area contributed by atoms with Crippen LogP contribution >= 0.6 is 15.9 Å². The Balaban J connectivity index is 1.86. The minimum Gasteiger partial charge on any atom is -0.310 e. The van der Waals surface area contributed by atoms with E-state index in [1.54, 1.807) is 0 Å². The molecule has 94 valence electrons. The van der Waals surface area contributed by atoms with E-state index in [9.17, 15) is 0 Å². The van der Waals surface area contributed by atoms with Crippen molar-refractivity contribution >= 4 is 15.9 Å². The number of rotatable bonds is 4. The lowest BCUT2D eigenvalue weighted by molar-refractivity contribution is 0.380. The molecule has 1 saturated carbocycles. The molecule has 0 heterocycles. The predicted molar refractivity (Wildman–Crippen MR) is 77.1 cm³/mol. The van der Waals surface area contributed by atoms with E-state index in [2.05, 4.69) is 53.3 Å². The molecule has 1 aliphatic rings. The molecule has 1 unspecified atom stereocenters. The Hall–Kier alpha value is -0.340. The molecular formula is C15H22BrN. The van der Waals surface area contributed by atoms with Gasteiger partial charge in [-0.05, 0) is 49.8 Å². The third-order valence-electron chi connectivity index (χ3n) is 3.96. The van der Waals surface area contributed by atoms with Gasteiger partial charge in [0.1, 0.15) is 0 Å². The third kappa shape index (κ3) is 3.56. The van der Waals surface area contributed by atoms with E-state index < -0.39 is 0 Å². The Bertz CT molecular complexity index is 369. The van der Waals surface area contributed by atoms with Crippen molar-refractivity contribution in [3.8, 4) is 0 Å². The number of halogens is 1. The van der Waals surface area contributed by atoms with Gasteiger partial charge in [-0.3, -0.25) is 0 Å². The Morgan fingerprint density at radius 2 is 2.06 bits per heavy atom. The van der Waals surface area contributed by atoms with Crippen molar-refractivity contribution in [2.24, 2.45) is 5.92 Å². The molecule has 0 radical (unpaired) electrons. The first kappa shape index (κ1) is 13.1. The van der Waals surface area contributed by atoms with Crippen molar-refractivity contribution in [3.05, 3.63) is 33.8 Å². The Morgan fingerprint density at radius 1 is 1.35 bits per heavy atom. The first-order chi connectivity index (χ1) is 8.16. The second-order valence-electron chi connectivity index (χ2n) is 5.30. The molecule has 0 saturated heterocycles. The van der Waals surface area contributed by atoms with Gasteiger partial charge in [-0.25, -0.2) is 0 Å². The molecular weight excluding hydrogens is 274 g/mol. The van der Waals surface area contributed by atoms with Crippen LogP contribution < -0.4 is 5.32 Å². The molecule has 1 fully saturated rings. The van der Waals surface area contributed by atoms with Crippen LogP contribution in [0.4, 0.5) is 0 Å². The molecule has 1 aromatic rings. The minimum atomic E-state index is 0.654. The third-order valence-corrected chi connectivity index (χ3v) is 4.85. The summed E-state index contributed by atoms with van der Waals surface area (Å²) in [4.78, 5) is 0. The van der Waals surface area contributed by atoms with E-state index in [1.807, 2.05) is 0 Å². The van der Waals surface area contributed by atoms with Crippen molar-refractivity contribution in [1.82, 2.24) is 5.32 Å². The van der Waals surface area contributed by atoms with E-state index >= 15 is 0 Å². The molecule has 0 amide bonds. The van der Waals surface area contributed by atoms with Crippen LogP contribution in [0.15, 0.2) is 22.7 Å². The standard InChI is InChI=1S/C15H22BrN/c1-11-9-13(7-8-15(11)16)10-17-12(2)14-5-3-4-6-14/h7-9,12,14,17H,3-6,10H2,1-2H3. The first-order valence-corrected chi connectivity index (χ1v) is 7.44. The molecule has 0 aliphatic heterocycles. The zero-order valence-corrected chi connectivity index (χ0v) is 12.4. The molecule has 2 heteroatoms. The van der Waals surface area contributed by atoms with Gasteiger partial charge in [-0.15, -0.1) is 0 Å². The number of aryl methyl sites for hydroxylation is 1. The second-order valence-corrected chi connectivity index (χ2v) is 6.15. The fraction of sp³-hybridized carbons (Fsp3) is 0.600. The number of hydrogen-bond acceptors (Lipinski definition) is 1. The van der Waals surface area contributed by atoms with Crippen molar-refractivity contribution in [1.29, 1.82) is 0 Å². The monoisotopic (exact) mass is 295 g/mol. The first-order valence-electron chi connectivity index (χ1n) is 6.65. The topological polar surface area (TPSA) is 12.0 Å². The average molecular weight is 296 g/mol. The maximum atomic E-state index is 3.67. The fourth-order valence-electron chi connectivity index (χ4n) is 2.72. The number of hydrogen-bond donors (Lipinski definition) is 1. The van der Waals surface area contributed by atoms with E-state index in [0.717, 1.165) is 12.5 Å². The lowest BCUT2D eigenvalue weighted by atomic mass is 9.99. The summed E-state index contributed by atoms with van der Waals surface area (Å²) in [6.45, 7) is 5.47. The van der Waals surface area contributed by atoms with Crippen molar-refractivity contribution in [2.45, 2.75) is 52.1 Å². The maximum Gasteiger partial charge on any atom is 0.0208 e. The van der Waals surface area contributed by atoms with Crippen LogP contribution in [-0.2, 0) is 6.54 Å². The van der Waals surface area contributed by atoms with E-state index in [4.69, 9.17) is 0 Å². The van der Waals surface area contributed by atoms with Gasteiger partial charge in [0.25, 0.3) is 0 Å². The zero-order chi connectivity index (χ0) is 12.3. The van der Waals surface area contributed by atoms with Crippen LogP contribution in [0.5, 0.6) is 0 Å². The largest absolute Gasteiger partial charge is 0.310 e. The van der Waals surface area contributed by atoms with Crippen molar-refractivity contribution in [2.75, 3.05) is 0 Å². The summed E-state index contributed by atoms with van der Waals surface area (Å²) in [7, 11) is 0. The smallest absolute Gasteiger partial charge is 0.0208 e. The molecule has 1 aliphatic carbocycles. The highest BCUT2D eigenvalue weighted by molar-refractivity contribution is 9.10. The maximum absolute atomic E-state index is 3.67. The fourth-order valence-corrected chi connectivity index (χ4v) is 2.97. The quantitative estimate of drug-likeness (QED) is 0.867. The Morgan fingerprint density at radius 3 is 2.71 bits per heavy atom. The summed E-state index contributed by atoms with van der Waals surface area (Å²) in [6, 6.07) is 7.26. The molecule has 0 aromatic heterocycles. The van der Waals surface area contributed by atoms with E-state index in [1.165, 1.54) is 41.3 Å². The highest BCUT2D eigenvalue weighted by Crippen LogP contribution is 2.27. The summed E-state index contributed by atoms with van der Waals surface area (Å²) >= 11 is 3.54. The highest BCUT2D eigenvalue weighted by Gasteiger charge is 2.20. The van der Waals surface area contributed by atoms with Crippen molar-refractivity contribution in [3.63, 3.8) is 0 Å². The lowest BCUT2D eigenvalue weighted by Gasteiger charge is -2.20. The summed E-state index contributed by atoms with van der Waals surface area (Å²) in [5, 5.41) is 3.67. The van der Waals surface area contributed by atoms with Crippen LogP contribution in [0.25, 0.3) is 0 Å². The molecule has 2 rings (SSSR count).